The van der Waals surface area contributed by atoms with Crippen molar-refractivity contribution < 1.29 is 30.0 Å². The predicted octanol–water partition coefficient (Wildman–Crippen LogP) is 3.71. The minimum atomic E-state index is -2.08. The topological polar surface area (TPSA) is 120 Å². The van der Waals surface area contributed by atoms with Gasteiger partial charge in [-0.2, -0.15) is 0 Å². The quantitative estimate of drug-likeness (QED) is 0.341. The fraction of sp³-hybridized carbons (Fsp3) is 0.704. The minimum absolute atomic E-state index is 0.00630. The average molecular weight is 538 g/mol. The van der Waals surface area contributed by atoms with Gasteiger partial charge in [0.2, 0.25) is 0 Å². The molecule has 2 bridgehead atoms. The Bertz CT molecular complexity index is 1160. The Balaban J connectivity index is 1.62. The largest absolute Gasteiger partial charge is 0.450 e. The second kappa shape index (κ2) is 8.35. The van der Waals surface area contributed by atoms with Crippen molar-refractivity contribution in [1.29, 1.82) is 0 Å². The summed E-state index contributed by atoms with van der Waals surface area (Å²) >= 11 is 7.32. The van der Waals surface area contributed by atoms with E-state index < -0.39 is 41.9 Å². The fourth-order valence-electron chi connectivity index (χ4n) is 7.91. The van der Waals surface area contributed by atoms with Crippen molar-refractivity contribution in [2.24, 2.45) is 34.5 Å². The molecular formula is C27H36ClNO6S. The van der Waals surface area contributed by atoms with Crippen molar-refractivity contribution in [3.8, 4) is 0 Å². The summed E-state index contributed by atoms with van der Waals surface area (Å²) < 4.78 is 6.18. The molecule has 1 spiro atoms. The van der Waals surface area contributed by atoms with Crippen LogP contribution in [0.3, 0.4) is 0 Å². The highest BCUT2D eigenvalue weighted by atomic mass is 35.5. The lowest BCUT2D eigenvalue weighted by atomic mass is 9.58. The number of hydrogen-bond donors (Lipinski definition) is 4. The lowest BCUT2D eigenvalue weighted by Crippen LogP contribution is -2.66. The van der Waals surface area contributed by atoms with Crippen LogP contribution < -0.4 is 0 Å². The number of aliphatic hydroxyl groups excluding tert-OH is 3. The molecule has 5 rings (SSSR count). The van der Waals surface area contributed by atoms with Crippen LogP contribution in [0.1, 0.15) is 69.2 Å². The zero-order chi connectivity index (χ0) is 26.5. The summed E-state index contributed by atoms with van der Waals surface area (Å²) in [5, 5.41) is 46.4. The molecule has 36 heavy (non-hydrogen) atoms. The van der Waals surface area contributed by atoms with Crippen LogP contribution in [-0.2, 0) is 4.74 Å². The fourth-order valence-corrected chi connectivity index (χ4v) is 9.02. The van der Waals surface area contributed by atoms with Gasteiger partial charge in [-0.05, 0) is 53.6 Å². The van der Waals surface area contributed by atoms with Gasteiger partial charge in [-0.3, -0.25) is 0 Å². The van der Waals surface area contributed by atoms with Gasteiger partial charge in [0, 0.05) is 10.8 Å². The third kappa shape index (κ3) is 3.24. The molecule has 0 saturated heterocycles. The number of thiazole rings is 1. The van der Waals surface area contributed by atoms with Crippen LogP contribution in [0.4, 0.5) is 0 Å². The maximum atomic E-state index is 13.4. The lowest BCUT2D eigenvalue weighted by molar-refractivity contribution is -0.215. The van der Waals surface area contributed by atoms with Gasteiger partial charge in [0.25, 0.3) is 0 Å². The minimum Gasteiger partial charge on any atom is -0.450 e. The van der Waals surface area contributed by atoms with Gasteiger partial charge in [0.1, 0.15) is 11.7 Å². The molecule has 2 fully saturated rings. The number of hydrogen-bond acceptors (Lipinski definition) is 8. The van der Waals surface area contributed by atoms with Gasteiger partial charge in [-0.25, -0.2) is 9.78 Å². The second-order valence-corrected chi connectivity index (χ2v) is 13.8. The molecule has 198 valence electrons. The van der Waals surface area contributed by atoms with Gasteiger partial charge < -0.3 is 25.2 Å². The number of nitrogens with zero attached hydrogens (tertiary/aromatic N) is 1. The van der Waals surface area contributed by atoms with Crippen molar-refractivity contribution in [2.75, 3.05) is 6.61 Å². The van der Waals surface area contributed by atoms with Gasteiger partial charge in [0.15, 0.2) is 16.3 Å². The molecule has 1 heterocycles. The summed E-state index contributed by atoms with van der Waals surface area (Å²) in [7, 11) is 0. The van der Waals surface area contributed by atoms with E-state index in [4.69, 9.17) is 16.3 Å². The van der Waals surface area contributed by atoms with Gasteiger partial charge in [0.05, 0.1) is 18.1 Å². The molecule has 0 aliphatic heterocycles. The highest BCUT2D eigenvalue weighted by Gasteiger charge is 2.76. The van der Waals surface area contributed by atoms with Crippen molar-refractivity contribution >= 4 is 28.9 Å². The van der Waals surface area contributed by atoms with E-state index in [0.29, 0.717) is 16.4 Å². The third-order valence-electron chi connectivity index (χ3n) is 9.73. The maximum Gasteiger partial charge on any atom is 0.358 e. The maximum absolute atomic E-state index is 13.4. The van der Waals surface area contributed by atoms with Crippen LogP contribution in [0.15, 0.2) is 23.3 Å². The highest BCUT2D eigenvalue weighted by Crippen LogP contribution is 2.72. The van der Waals surface area contributed by atoms with E-state index in [1.54, 1.807) is 13.0 Å². The third-order valence-corrected chi connectivity index (χ3v) is 11.2. The summed E-state index contributed by atoms with van der Waals surface area (Å²) in [6, 6.07) is 0. The zero-order valence-electron chi connectivity index (χ0n) is 21.5. The summed E-state index contributed by atoms with van der Waals surface area (Å²) in [5.41, 5.74) is -2.46. The summed E-state index contributed by atoms with van der Waals surface area (Å²) in [5.74, 6) is -0.846. The van der Waals surface area contributed by atoms with E-state index in [-0.39, 0.29) is 44.8 Å². The molecular weight excluding hydrogens is 502 g/mol. The Morgan fingerprint density at radius 2 is 2.00 bits per heavy atom. The standard InChI is InChI=1S/C27H36ClNO6S/c1-11(2)19-18(29-24(28)36-19)23(33)35-22-12(3)9-26-13(4)7-16-17(25(16,5)6)15(21(26)32)8-14(10-30)20(31)27(22,26)34/h8-9,11,13,15-17,20-22,30-32,34H,7,10H2,1-6H3/t13-,15+,16-,17+,20-,21?,22+,26+,27+/m1/s1. The first-order valence-electron chi connectivity index (χ1n) is 12.7. The van der Waals surface area contributed by atoms with E-state index in [1.807, 2.05) is 26.8 Å². The lowest BCUT2D eigenvalue weighted by Gasteiger charge is -2.52. The number of aliphatic hydroxyl groups is 4. The number of rotatable bonds is 4. The number of carbonyl (C=O) groups excluding carboxylic acids is 1. The van der Waals surface area contributed by atoms with Crippen molar-refractivity contribution in [1.82, 2.24) is 4.98 Å². The Kier molecular flexibility index (Phi) is 6.11. The molecule has 0 amide bonds. The number of ether oxygens (including phenoxy) is 1. The molecule has 1 aromatic rings. The Morgan fingerprint density at radius 1 is 1.33 bits per heavy atom. The van der Waals surface area contributed by atoms with Crippen LogP contribution in [0, 0.1) is 34.5 Å². The van der Waals surface area contributed by atoms with Crippen LogP contribution in [0.2, 0.25) is 4.47 Å². The zero-order valence-corrected chi connectivity index (χ0v) is 23.1. The molecule has 9 atom stereocenters. The van der Waals surface area contributed by atoms with E-state index in [1.165, 1.54) is 11.3 Å². The Labute approximate surface area is 220 Å². The van der Waals surface area contributed by atoms with E-state index >= 15 is 0 Å². The first-order valence-corrected chi connectivity index (χ1v) is 13.9. The number of halogens is 1. The van der Waals surface area contributed by atoms with E-state index in [9.17, 15) is 25.2 Å². The molecule has 9 heteroatoms. The average Bonchev–Trinajstić information content (AvgIpc) is 3.08. The number of fused-ring (bicyclic) bond motifs is 3. The predicted molar refractivity (Wildman–Crippen MR) is 137 cm³/mol. The number of aromatic nitrogens is 1. The first-order chi connectivity index (χ1) is 16.7. The summed E-state index contributed by atoms with van der Waals surface area (Å²) in [6.07, 6.45) is 0.515. The SMILES string of the molecule is CC1=C[C@]23C(O)[C@@H](C=C(CO)[C@@H](O)[C@]2(O)[C@H]1OC(=O)c1nc(Cl)sc1C(C)C)[C@H]1[C@@H](C[C@H]3C)C1(C)C. The molecule has 4 aliphatic rings. The van der Waals surface area contributed by atoms with Gasteiger partial charge in [-0.1, -0.05) is 58.4 Å². The molecule has 0 radical (unpaired) electrons. The van der Waals surface area contributed by atoms with Crippen LogP contribution in [0.25, 0.3) is 0 Å². The molecule has 4 N–H and O–H groups in total. The molecule has 4 aliphatic carbocycles. The van der Waals surface area contributed by atoms with Crippen LogP contribution >= 0.6 is 22.9 Å². The second-order valence-electron chi connectivity index (χ2n) is 12.2. The van der Waals surface area contributed by atoms with Crippen molar-refractivity contribution in [3.63, 3.8) is 0 Å². The van der Waals surface area contributed by atoms with Crippen LogP contribution in [-0.4, -0.2) is 61.9 Å². The summed E-state index contributed by atoms with van der Waals surface area (Å²) in [4.78, 5) is 18.3. The first kappa shape index (κ1) is 26.3. The molecule has 0 aromatic carbocycles. The van der Waals surface area contributed by atoms with E-state index in [0.717, 1.165) is 6.42 Å². The molecule has 7 nitrogen and oxygen atoms in total. The number of esters is 1. The van der Waals surface area contributed by atoms with Gasteiger partial charge >= 0.3 is 5.97 Å². The monoisotopic (exact) mass is 537 g/mol. The Hall–Kier alpha value is -1.29. The smallest absolute Gasteiger partial charge is 0.358 e. The molecule has 2 saturated carbocycles. The summed E-state index contributed by atoms with van der Waals surface area (Å²) in [6.45, 7) is 11.5. The molecule has 1 aromatic heterocycles. The van der Waals surface area contributed by atoms with E-state index in [2.05, 4.69) is 18.8 Å². The normalized spacial score (nSPS) is 42.6. The van der Waals surface area contributed by atoms with Crippen molar-refractivity contribution in [3.05, 3.63) is 38.3 Å². The number of carbonyl (C=O) groups is 1. The van der Waals surface area contributed by atoms with Crippen LogP contribution in [0.5, 0.6) is 0 Å². The van der Waals surface area contributed by atoms with Gasteiger partial charge in [-0.15, -0.1) is 11.3 Å². The Morgan fingerprint density at radius 3 is 2.61 bits per heavy atom. The molecule has 1 unspecified atom stereocenters. The highest BCUT2D eigenvalue weighted by molar-refractivity contribution is 7.16. The van der Waals surface area contributed by atoms with Crippen molar-refractivity contribution in [2.45, 2.75) is 77.8 Å².